The van der Waals surface area contributed by atoms with Crippen LogP contribution in [-0.4, -0.2) is 5.06 Å². The predicted octanol–water partition coefficient (Wildman–Crippen LogP) is 3.91. The number of hydroxylamine groups is 2. The molecule has 4 heteroatoms. The van der Waals surface area contributed by atoms with Gasteiger partial charge in [0.2, 0.25) is 5.88 Å². The van der Waals surface area contributed by atoms with Crippen molar-refractivity contribution in [3.63, 3.8) is 0 Å². The standard InChI is InChI=1S/C17H20N2OS/c1-3-14-8-9-16(21-14)15-10-17(18)20-19(15)11-13-6-4-12(2)5-7-13/h4-10,15H,3,11,18H2,1-2H3. The summed E-state index contributed by atoms with van der Waals surface area (Å²) in [5.41, 5.74) is 8.36. The third-order valence-corrected chi connectivity index (χ3v) is 4.94. The Morgan fingerprint density at radius 2 is 1.95 bits per heavy atom. The Balaban J connectivity index is 1.79. The van der Waals surface area contributed by atoms with E-state index in [1.807, 2.05) is 22.5 Å². The van der Waals surface area contributed by atoms with Gasteiger partial charge in [0.15, 0.2) is 0 Å². The molecular formula is C17H20N2OS. The first-order valence-electron chi connectivity index (χ1n) is 7.21. The van der Waals surface area contributed by atoms with Crippen molar-refractivity contribution >= 4 is 11.3 Å². The lowest BCUT2D eigenvalue weighted by Gasteiger charge is -2.21. The van der Waals surface area contributed by atoms with Crippen molar-refractivity contribution < 1.29 is 4.84 Å². The van der Waals surface area contributed by atoms with E-state index in [1.54, 1.807) is 0 Å². The molecule has 0 amide bonds. The summed E-state index contributed by atoms with van der Waals surface area (Å²) in [6, 6.07) is 13.0. The summed E-state index contributed by atoms with van der Waals surface area (Å²) in [4.78, 5) is 8.35. The molecule has 0 spiro atoms. The van der Waals surface area contributed by atoms with Crippen molar-refractivity contribution in [1.29, 1.82) is 0 Å². The largest absolute Gasteiger partial charge is 0.387 e. The molecule has 21 heavy (non-hydrogen) atoms. The molecular weight excluding hydrogens is 280 g/mol. The van der Waals surface area contributed by atoms with Crippen molar-refractivity contribution in [2.75, 3.05) is 0 Å². The van der Waals surface area contributed by atoms with Crippen LogP contribution in [0.2, 0.25) is 0 Å². The number of thiophene rings is 1. The molecule has 3 nitrogen and oxygen atoms in total. The average molecular weight is 300 g/mol. The first-order valence-corrected chi connectivity index (χ1v) is 8.03. The van der Waals surface area contributed by atoms with Crippen LogP contribution in [0.4, 0.5) is 0 Å². The van der Waals surface area contributed by atoms with Gasteiger partial charge in [0, 0.05) is 15.8 Å². The van der Waals surface area contributed by atoms with E-state index in [4.69, 9.17) is 10.6 Å². The van der Waals surface area contributed by atoms with Gasteiger partial charge in [0.25, 0.3) is 0 Å². The van der Waals surface area contributed by atoms with E-state index in [2.05, 4.69) is 50.2 Å². The van der Waals surface area contributed by atoms with Gasteiger partial charge in [-0.3, -0.25) is 0 Å². The van der Waals surface area contributed by atoms with Gasteiger partial charge in [0.1, 0.15) is 6.04 Å². The van der Waals surface area contributed by atoms with Crippen LogP contribution in [0.5, 0.6) is 0 Å². The van der Waals surface area contributed by atoms with E-state index in [9.17, 15) is 0 Å². The van der Waals surface area contributed by atoms with Crippen LogP contribution in [0.1, 0.15) is 33.8 Å². The van der Waals surface area contributed by atoms with Crippen molar-refractivity contribution in [3.05, 3.63) is 69.2 Å². The second-order valence-corrected chi connectivity index (χ2v) is 6.52. The maximum atomic E-state index is 5.87. The number of benzene rings is 1. The number of rotatable bonds is 4. The molecule has 2 heterocycles. The minimum Gasteiger partial charge on any atom is -0.387 e. The first-order chi connectivity index (χ1) is 10.2. The Morgan fingerprint density at radius 3 is 2.62 bits per heavy atom. The zero-order valence-electron chi connectivity index (χ0n) is 12.4. The number of nitrogens with two attached hydrogens (primary N) is 1. The van der Waals surface area contributed by atoms with Crippen LogP contribution >= 0.6 is 11.3 Å². The normalized spacial score (nSPS) is 18.6. The van der Waals surface area contributed by atoms with Crippen LogP contribution in [0.3, 0.4) is 0 Å². The maximum absolute atomic E-state index is 5.87. The van der Waals surface area contributed by atoms with E-state index in [1.165, 1.54) is 20.9 Å². The van der Waals surface area contributed by atoms with Gasteiger partial charge in [0.05, 0.1) is 6.54 Å². The van der Waals surface area contributed by atoms with Crippen molar-refractivity contribution in [1.82, 2.24) is 5.06 Å². The molecule has 0 radical (unpaired) electrons. The predicted molar refractivity (Wildman–Crippen MR) is 86.5 cm³/mol. The van der Waals surface area contributed by atoms with Crippen molar-refractivity contribution in [3.8, 4) is 0 Å². The molecule has 1 unspecified atom stereocenters. The maximum Gasteiger partial charge on any atom is 0.207 e. The average Bonchev–Trinajstić information content (AvgIpc) is 3.07. The van der Waals surface area contributed by atoms with Crippen molar-refractivity contribution in [2.24, 2.45) is 5.73 Å². The molecule has 0 saturated heterocycles. The molecule has 110 valence electrons. The fourth-order valence-electron chi connectivity index (χ4n) is 2.43. The van der Waals surface area contributed by atoms with Crippen LogP contribution in [0, 0.1) is 6.92 Å². The molecule has 0 aliphatic carbocycles. The fraction of sp³-hybridized carbons (Fsp3) is 0.294. The van der Waals surface area contributed by atoms with Gasteiger partial charge in [-0.15, -0.1) is 16.4 Å². The summed E-state index contributed by atoms with van der Waals surface area (Å²) in [5, 5.41) is 1.95. The Morgan fingerprint density at radius 1 is 1.19 bits per heavy atom. The molecule has 0 saturated carbocycles. The molecule has 1 aliphatic heterocycles. The molecule has 2 N–H and O–H groups in total. The van der Waals surface area contributed by atoms with Gasteiger partial charge >= 0.3 is 0 Å². The second kappa shape index (κ2) is 5.92. The highest BCUT2D eigenvalue weighted by Crippen LogP contribution is 2.35. The molecule has 0 fully saturated rings. The van der Waals surface area contributed by atoms with Crippen LogP contribution in [0.25, 0.3) is 0 Å². The SMILES string of the molecule is CCc1ccc(C2C=C(N)ON2Cc2ccc(C)cc2)s1. The van der Waals surface area contributed by atoms with Gasteiger partial charge in [-0.2, -0.15) is 0 Å². The summed E-state index contributed by atoms with van der Waals surface area (Å²) in [5.74, 6) is 0.485. The zero-order chi connectivity index (χ0) is 14.8. The van der Waals surface area contributed by atoms with Crippen LogP contribution < -0.4 is 5.73 Å². The molecule has 3 rings (SSSR count). The van der Waals surface area contributed by atoms with E-state index < -0.39 is 0 Å². The van der Waals surface area contributed by atoms with E-state index in [0.717, 1.165) is 13.0 Å². The van der Waals surface area contributed by atoms with E-state index >= 15 is 0 Å². The van der Waals surface area contributed by atoms with Gasteiger partial charge in [-0.05, 0) is 31.0 Å². The Bertz CT molecular complexity index is 645. The lowest BCUT2D eigenvalue weighted by atomic mass is 10.1. The lowest BCUT2D eigenvalue weighted by Crippen LogP contribution is -2.22. The quantitative estimate of drug-likeness (QED) is 0.930. The van der Waals surface area contributed by atoms with Gasteiger partial charge < -0.3 is 10.6 Å². The molecule has 0 bridgehead atoms. The van der Waals surface area contributed by atoms with Gasteiger partial charge in [-0.25, -0.2) is 0 Å². The molecule has 1 aliphatic rings. The lowest BCUT2D eigenvalue weighted by molar-refractivity contribution is -0.127. The van der Waals surface area contributed by atoms with E-state index in [-0.39, 0.29) is 6.04 Å². The summed E-state index contributed by atoms with van der Waals surface area (Å²) in [7, 11) is 0. The van der Waals surface area contributed by atoms with Crippen LogP contribution in [-0.2, 0) is 17.8 Å². The number of hydrogen-bond donors (Lipinski definition) is 1. The minimum absolute atomic E-state index is 0.108. The monoisotopic (exact) mass is 300 g/mol. The first kappa shape index (κ1) is 14.2. The summed E-state index contributed by atoms with van der Waals surface area (Å²) in [6.45, 7) is 4.99. The van der Waals surface area contributed by atoms with E-state index in [0.29, 0.717) is 5.88 Å². The molecule has 1 atom stereocenters. The Labute approximate surface area is 129 Å². The highest BCUT2D eigenvalue weighted by Gasteiger charge is 2.28. The summed E-state index contributed by atoms with van der Waals surface area (Å²) >= 11 is 1.83. The Kier molecular flexibility index (Phi) is 3.99. The summed E-state index contributed by atoms with van der Waals surface area (Å²) < 4.78 is 0. The van der Waals surface area contributed by atoms with Crippen LogP contribution in [0.15, 0.2) is 48.4 Å². The minimum atomic E-state index is 0.108. The number of nitrogens with zero attached hydrogens (tertiary/aromatic N) is 1. The Hall–Kier alpha value is -1.78. The highest BCUT2D eigenvalue weighted by molar-refractivity contribution is 7.12. The smallest absolute Gasteiger partial charge is 0.207 e. The topological polar surface area (TPSA) is 38.5 Å². The van der Waals surface area contributed by atoms with Crippen molar-refractivity contribution in [2.45, 2.75) is 32.9 Å². The molecule has 1 aromatic heterocycles. The molecule has 2 aromatic rings. The second-order valence-electron chi connectivity index (χ2n) is 5.32. The third-order valence-electron chi connectivity index (χ3n) is 3.64. The number of aryl methyl sites for hydroxylation is 2. The summed E-state index contributed by atoms with van der Waals surface area (Å²) in [6.07, 6.45) is 3.05. The molecule has 1 aromatic carbocycles. The third kappa shape index (κ3) is 3.12. The fourth-order valence-corrected chi connectivity index (χ4v) is 3.46. The number of hydrogen-bond acceptors (Lipinski definition) is 4. The zero-order valence-corrected chi connectivity index (χ0v) is 13.2. The van der Waals surface area contributed by atoms with Gasteiger partial charge in [-0.1, -0.05) is 36.8 Å². The highest BCUT2D eigenvalue weighted by atomic mass is 32.1.